The van der Waals surface area contributed by atoms with E-state index in [0.29, 0.717) is 22.6 Å². The van der Waals surface area contributed by atoms with Gasteiger partial charge in [0.25, 0.3) is 0 Å². The quantitative estimate of drug-likeness (QED) is 0.777. The van der Waals surface area contributed by atoms with Crippen LogP contribution in [0, 0.1) is 11.3 Å². The highest BCUT2D eigenvalue weighted by atomic mass is 79.9. The van der Waals surface area contributed by atoms with Gasteiger partial charge in [-0.1, -0.05) is 0 Å². The number of hydrogen-bond acceptors (Lipinski definition) is 4. The van der Waals surface area contributed by atoms with E-state index in [4.69, 9.17) is 14.7 Å². The van der Waals surface area contributed by atoms with E-state index in [1.54, 1.807) is 49.6 Å². The SMILES string of the molecule is COc1ccc(OCC(=O)c2ccc(C#N)cc2)c(Br)c1. The van der Waals surface area contributed by atoms with E-state index in [9.17, 15) is 4.79 Å². The predicted molar refractivity (Wildman–Crippen MR) is 81.7 cm³/mol. The Morgan fingerprint density at radius 3 is 2.52 bits per heavy atom. The van der Waals surface area contributed by atoms with E-state index >= 15 is 0 Å². The summed E-state index contributed by atoms with van der Waals surface area (Å²) in [5, 5.41) is 8.72. The molecule has 0 amide bonds. The largest absolute Gasteiger partial charge is 0.497 e. The number of benzene rings is 2. The summed E-state index contributed by atoms with van der Waals surface area (Å²) in [6.07, 6.45) is 0. The van der Waals surface area contributed by atoms with Crippen molar-refractivity contribution in [3.05, 3.63) is 58.1 Å². The molecule has 21 heavy (non-hydrogen) atoms. The molecule has 2 aromatic rings. The van der Waals surface area contributed by atoms with Crippen molar-refractivity contribution in [2.75, 3.05) is 13.7 Å². The van der Waals surface area contributed by atoms with Crippen LogP contribution in [0.5, 0.6) is 11.5 Å². The van der Waals surface area contributed by atoms with Crippen LogP contribution in [0.25, 0.3) is 0 Å². The van der Waals surface area contributed by atoms with Crippen molar-refractivity contribution in [2.45, 2.75) is 0 Å². The fourth-order valence-corrected chi connectivity index (χ4v) is 2.16. The van der Waals surface area contributed by atoms with Gasteiger partial charge in [0.05, 0.1) is 23.2 Å². The van der Waals surface area contributed by atoms with Crippen molar-refractivity contribution in [3.8, 4) is 17.6 Å². The second-order valence-corrected chi connectivity index (χ2v) is 5.05. The first-order valence-corrected chi connectivity index (χ1v) is 6.93. The summed E-state index contributed by atoms with van der Waals surface area (Å²) < 4.78 is 11.3. The van der Waals surface area contributed by atoms with Crippen LogP contribution >= 0.6 is 15.9 Å². The molecule has 0 unspecified atom stereocenters. The molecule has 4 nitrogen and oxygen atoms in total. The van der Waals surface area contributed by atoms with E-state index < -0.39 is 0 Å². The van der Waals surface area contributed by atoms with Crippen LogP contribution in [-0.2, 0) is 0 Å². The number of nitrogens with zero attached hydrogens (tertiary/aromatic N) is 1. The third-order valence-corrected chi connectivity index (χ3v) is 3.45. The lowest BCUT2D eigenvalue weighted by atomic mass is 10.1. The van der Waals surface area contributed by atoms with E-state index in [-0.39, 0.29) is 12.4 Å². The van der Waals surface area contributed by atoms with Crippen molar-refractivity contribution in [3.63, 3.8) is 0 Å². The van der Waals surface area contributed by atoms with Gasteiger partial charge < -0.3 is 9.47 Å². The number of ketones is 1. The first-order chi connectivity index (χ1) is 10.1. The molecule has 2 rings (SSSR count). The Bertz CT molecular complexity index is 690. The number of ether oxygens (including phenoxy) is 2. The van der Waals surface area contributed by atoms with Gasteiger partial charge in [0, 0.05) is 5.56 Å². The zero-order chi connectivity index (χ0) is 15.2. The number of methoxy groups -OCH3 is 1. The van der Waals surface area contributed by atoms with Gasteiger partial charge in [0.2, 0.25) is 0 Å². The summed E-state index contributed by atoms with van der Waals surface area (Å²) in [7, 11) is 1.58. The van der Waals surface area contributed by atoms with Crippen LogP contribution in [0.1, 0.15) is 15.9 Å². The maximum Gasteiger partial charge on any atom is 0.200 e. The van der Waals surface area contributed by atoms with Gasteiger partial charge in [0.1, 0.15) is 11.5 Å². The zero-order valence-corrected chi connectivity index (χ0v) is 12.9. The summed E-state index contributed by atoms with van der Waals surface area (Å²) in [4.78, 5) is 12.0. The molecule has 106 valence electrons. The van der Waals surface area contributed by atoms with Crippen molar-refractivity contribution >= 4 is 21.7 Å². The molecule has 0 bridgehead atoms. The third-order valence-electron chi connectivity index (χ3n) is 2.83. The van der Waals surface area contributed by atoms with Crippen LogP contribution in [0.2, 0.25) is 0 Å². The summed E-state index contributed by atoms with van der Waals surface area (Å²) >= 11 is 3.36. The Morgan fingerprint density at radius 1 is 1.24 bits per heavy atom. The van der Waals surface area contributed by atoms with Crippen LogP contribution in [0.3, 0.4) is 0 Å². The lowest BCUT2D eigenvalue weighted by molar-refractivity contribution is 0.0921. The Kier molecular flexibility index (Phi) is 4.96. The van der Waals surface area contributed by atoms with Crippen molar-refractivity contribution < 1.29 is 14.3 Å². The molecule has 0 heterocycles. The summed E-state index contributed by atoms with van der Waals surface area (Å²) in [5.74, 6) is 1.12. The standard InChI is InChI=1S/C16H12BrNO3/c1-20-13-6-7-16(14(17)8-13)21-10-15(19)12-4-2-11(9-18)3-5-12/h2-8H,10H2,1H3. The maximum atomic E-state index is 12.0. The lowest BCUT2D eigenvalue weighted by Crippen LogP contribution is -2.11. The van der Waals surface area contributed by atoms with Crippen LogP contribution in [-0.4, -0.2) is 19.5 Å². The first kappa shape index (κ1) is 15.1. The highest BCUT2D eigenvalue weighted by Gasteiger charge is 2.09. The van der Waals surface area contributed by atoms with Crippen molar-refractivity contribution in [1.82, 2.24) is 0 Å². The second kappa shape index (κ2) is 6.91. The minimum absolute atomic E-state index is 0.0726. The third kappa shape index (κ3) is 3.83. The topological polar surface area (TPSA) is 59.3 Å². The molecule has 5 heteroatoms. The van der Waals surface area contributed by atoms with Gasteiger partial charge in [-0.3, -0.25) is 4.79 Å². The van der Waals surface area contributed by atoms with Gasteiger partial charge in [-0.05, 0) is 58.4 Å². The van der Waals surface area contributed by atoms with E-state index in [2.05, 4.69) is 15.9 Å². The predicted octanol–water partition coefficient (Wildman–Crippen LogP) is 3.59. The maximum absolute atomic E-state index is 12.0. The molecule has 0 aliphatic carbocycles. The molecule has 2 aromatic carbocycles. The minimum atomic E-state index is -0.151. The molecular formula is C16H12BrNO3. The second-order valence-electron chi connectivity index (χ2n) is 4.20. The monoisotopic (exact) mass is 345 g/mol. The lowest BCUT2D eigenvalue weighted by Gasteiger charge is -2.09. The summed E-state index contributed by atoms with van der Waals surface area (Å²) in [6.45, 7) is -0.0726. The molecule has 0 saturated carbocycles. The Hall–Kier alpha value is -2.32. The number of halogens is 1. The number of carbonyl (C=O) groups is 1. The van der Waals surface area contributed by atoms with Gasteiger partial charge in [0.15, 0.2) is 12.4 Å². The first-order valence-electron chi connectivity index (χ1n) is 6.13. The van der Waals surface area contributed by atoms with Gasteiger partial charge >= 0.3 is 0 Å². The van der Waals surface area contributed by atoms with Crippen molar-refractivity contribution in [1.29, 1.82) is 5.26 Å². The smallest absolute Gasteiger partial charge is 0.200 e. The molecule has 0 radical (unpaired) electrons. The van der Waals surface area contributed by atoms with Gasteiger partial charge in [-0.15, -0.1) is 0 Å². The van der Waals surface area contributed by atoms with Gasteiger partial charge in [-0.25, -0.2) is 0 Å². The Morgan fingerprint density at radius 2 is 1.95 bits per heavy atom. The Balaban J connectivity index is 2.02. The number of Topliss-reactive ketones (excluding diaryl/α,β-unsaturated/α-hetero) is 1. The zero-order valence-electron chi connectivity index (χ0n) is 11.3. The molecule has 0 atom stereocenters. The molecule has 0 aliphatic heterocycles. The van der Waals surface area contributed by atoms with Crippen molar-refractivity contribution in [2.24, 2.45) is 0 Å². The van der Waals surface area contributed by atoms with Crippen LogP contribution < -0.4 is 9.47 Å². The average molecular weight is 346 g/mol. The molecule has 0 saturated heterocycles. The molecule has 0 spiro atoms. The van der Waals surface area contributed by atoms with E-state index in [1.807, 2.05) is 6.07 Å². The summed E-state index contributed by atoms with van der Waals surface area (Å²) in [5.41, 5.74) is 1.03. The number of nitriles is 1. The van der Waals surface area contributed by atoms with Gasteiger partial charge in [-0.2, -0.15) is 5.26 Å². The van der Waals surface area contributed by atoms with E-state index in [1.165, 1.54) is 0 Å². The number of rotatable bonds is 5. The van der Waals surface area contributed by atoms with Crippen LogP contribution in [0.4, 0.5) is 0 Å². The molecular weight excluding hydrogens is 334 g/mol. The Labute approximate surface area is 131 Å². The molecule has 0 aromatic heterocycles. The highest BCUT2D eigenvalue weighted by Crippen LogP contribution is 2.29. The molecule has 0 aliphatic rings. The minimum Gasteiger partial charge on any atom is -0.497 e. The number of hydrogen-bond donors (Lipinski definition) is 0. The molecule has 0 N–H and O–H groups in total. The fourth-order valence-electron chi connectivity index (χ4n) is 1.68. The normalized spacial score (nSPS) is 9.76. The van der Waals surface area contributed by atoms with Crippen LogP contribution in [0.15, 0.2) is 46.9 Å². The number of carbonyl (C=O) groups excluding carboxylic acids is 1. The summed E-state index contributed by atoms with van der Waals surface area (Å²) in [6, 6.07) is 13.7. The highest BCUT2D eigenvalue weighted by molar-refractivity contribution is 9.10. The fraction of sp³-hybridized carbons (Fsp3) is 0.125. The molecule has 0 fully saturated rings. The van der Waals surface area contributed by atoms with E-state index in [0.717, 1.165) is 4.47 Å². The average Bonchev–Trinajstić information content (AvgIpc) is 2.53.